The number of carbonyl (C=O) groups excluding carboxylic acids is 1. The van der Waals surface area contributed by atoms with Crippen LogP contribution in [0, 0.1) is 5.92 Å². The molecule has 1 fully saturated rings. The third kappa shape index (κ3) is 3.80. The lowest BCUT2D eigenvalue weighted by Crippen LogP contribution is -2.39. The summed E-state index contributed by atoms with van der Waals surface area (Å²) >= 11 is 0. The molecule has 0 aliphatic carbocycles. The molecule has 0 bridgehead atoms. The van der Waals surface area contributed by atoms with Crippen LogP contribution in [-0.4, -0.2) is 48.2 Å². The molecule has 1 aliphatic heterocycles. The Kier molecular flexibility index (Phi) is 5.05. The molecule has 4 nitrogen and oxygen atoms in total. The first-order chi connectivity index (χ1) is 7.15. The van der Waals surface area contributed by atoms with Crippen LogP contribution in [0.1, 0.15) is 26.7 Å². The number of nitrogens with zero attached hydrogens (tertiary/aromatic N) is 1. The molecule has 15 heavy (non-hydrogen) atoms. The normalized spacial score (nSPS) is 20.9. The van der Waals surface area contributed by atoms with E-state index in [4.69, 9.17) is 5.11 Å². The van der Waals surface area contributed by atoms with Crippen molar-refractivity contribution in [2.45, 2.75) is 32.7 Å². The van der Waals surface area contributed by atoms with Crippen LogP contribution in [0.15, 0.2) is 0 Å². The molecule has 1 unspecified atom stereocenters. The smallest absolute Gasteiger partial charge is 0.223 e. The molecule has 1 rings (SSSR count). The van der Waals surface area contributed by atoms with E-state index in [0.29, 0.717) is 18.9 Å². The van der Waals surface area contributed by atoms with E-state index in [-0.39, 0.29) is 18.6 Å². The molecule has 88 valence electrons. The molecule has 0 aromatic heterocycles. The van der Waals surface area contributed by atoms with E-state index in [1.54, 1.807) is 4.90 Å². The zero-order chi connectivity index (χ0) is 11.3. The Hall–Kier alpha value is -0.610. The monoisotopic (exact) mass is 214 g/mol. The third-order valence-electron chi connectivity index (χ3n) is 2.91. The fraction of sp³-hybridized carbons (Fsp3) is 0.909. The number of rotatable bonds is 5. The molecular formula is C11H22N2O2. The van der Waals surface area contributed by atoms with Crippen molar-refractivity contribution < 1.29 is 9.90 Å². The number of hydrogen-bond acceptors (Lipinski definition) is 3. The Labute approximate surface area is 91.6 Å². The minimum atomic E-state index is 0.0484. The first-order valence-corrected chi connectivity index (χ1v) is 5.76. The van der Waals surface area contributed by atoms with Gasteiger partial charge in [-0.3, -0.25) is 4.79 Å². The van der Waals surface area contributed by atoms with Crippen molar-refractivity contribution in [3.05, 3.63) is 0 Å². The second-order valence-corrected chi connectivity index (χ2v) is 4.47. The highest BCUT2D eigenvalue weighted by atomic mass is 16.3. The van der Waals surface area contributed by atoms with Gasteiger partial charge in [0.05, 0.1) is 6.61 Å². The van der Waals surface area contributed by atoms with Crippen molar-refractivity contribution in [3.63, 3.8) is 0 Å². The maximum absolute atomic E-state index is 11.9. The molecule has 1 saturated heterocycles. The Balaban J connectivity index is 2.40. The molecule has 0 saturated carbocycles. The fourth-order valence-corrected chi connectivity index (χ4v) is 2.03. The molecule has 0 aromatic carbocycles. The van der Waals surface area contributed by atoms with Gasteiger partial charge < -0.3 is 15.3 Å². The van der Waals surface area contributed by atoms with Crippen LogP contribution < -0.4 is 5.32 Å². The number of aliphatic hydroxyl groups is 1. The summed E-state index contributed by atoms with van der Waals surface area (Å²) in [5, 5.41) is 12.1. The van der Waals surface area contributed by atoms with Gasteiger partial charge in [-0.05, 0) is 39.3 Å². The number of nitrogens with one attached hydrogen (secondary N) is 1. The molecule has 1 aliphatic rings. The summed E-state index contributed by atoms with van der Waals surface area (Å²) in [5.74, 6) is 0.658. The Bertz CT molecular complexity index is 201. The van der Waals surface area contributed by atoms with E-state index in [1.807, 2.05) is 13.8 Å². The molecule has 1 atom stereocenters. The van der Waals surface area contributed by atoms with Crippen LogP contribution in [0.3, 0.4) is 0 Å². The zero-order valence-corrected chi connectivity index (χ0v) is 9.70. The van der Waals surface area contributed by atoms with E-state index in [2.05, 4.69) is 5.32 Å². The van der Waals surface area contributed by atoms with Gasteiger partial charge in [0, 0.05) is 19.0 Å². The lowest BCUT2D eigenvalue weighted by atomic mass is 10.0. The lowest BCUT2D eigenvalue weighted by molar-refractivity contribution is -0.134. The topological polar surface area (TPSA) is 52.6 Å². The molecule has 1 heterocycles. The van der Waals surface area contributed by atoms with Crippen molar-refractivity contribution >= 4 is 5.91 Å². The summed E-state index contributed by atoms with van der Waals surface area (Å²) < 4.78 is 0. The summed E-state index contributed by atoms with van der Waals surface area (Å²) in [4.78, 5) is 13.7. The highest BCUT2D eigenvalue weighted by molar-refractivity contribution is 5.76. The standard InChI is InChI=1S/C11H22N2O2/c1-9(2)13(5-6-14)11(15)7-10-3-4-12-8-10/h9-10,12,14H,3-8H2,1-2H3. The van der Waals surface area contributed by atoms with Crippen LogP contribution >= 0.6 is 0 Å². The minimum Gasteiger partial charge on any atom is -0.395 e. The van der Waals surface area contributed by atoms with Gasteiger partial charge in [0.1, 0.15) is 0 Å². The summed E-state index contributed by atoms with van der Waals surface area (Å²) in [7, 11) is 0. The van der Waals surface area contributed by atoms with Gasteiger partial charge in [0.25, 0.3) is 0 Å². The summed E-state index contributed by atoms with van der Waals surface area (Å²) in [6, 6.07) is 0.180. The SMILES string of the molecule is CC(C)N(CCO)C(=O)CC1CCNC1. The maximum atomic E-state index is 11.9. The van der Waals surface area contributed by atoms with Crippen molar-refractivity contribution in [2.75, 3.05) is 26.2 Å². The van der Waals surface area contributed by atoms with Gasteiger partial charge in [-0.1, -0.05) is 0 Å². The number of hydrogen-bond donors (Lipinski definition) is 2. The van der Waals surface area contributed by atoms with E-state index in [1.165, 1.54) is 0 Å². The summed E-state index contributed by atoms with van der Waals surface area (Å²) in [6.45, 7) is 6.46. The van der Waals surface area contributed by atoms with E-state index < -0.39 is 0 Å². The van der Waals surface area contributed by atoms with Crippen LogP contribution in [0.5, 0.6) is 0 Å². The van der Waals surface area contributed by atoms with E-state index >= 15 is 0 Å². The van der Waals surface area contributed by atoms with Crippen LogP contribution in [-0.2, 0) is 4.79 Å². The van der Waals surface area contributed by atoms with E-state index in [9.17, 15) is 4.79 Å². The predicted octanol–water partition coefficient (Wildman–Crippen LogP) is 0.215. The highest BCUT2D eigenvalue weighted by Crippen LogP contribution is 2.14. The average molecular weight is 214 g/mol. The van der Waals surface area contributed by atoms with Gasteiger partial charge in [-0.25, -0.2) is 0 Å². The van der Waals surface area contributed by atoms with Gasteiger partial charge in [-0.2, -0.15) is 0 Å². The molecule has 0 spiro atoms. The second-order valence-electron chi connectivity index (χ2n) is 4.47. The van der Waals surface area contributed by atoms with E-state index in [0.717, 1.165) is 19.5 Å². The van der Waals surface area contributed by atoms with Crippen LogP contribution in [0.4, 0.5) is 0 Å². The Morgan fingerprint density at radius 2 is 2.33 bits per heavy atom. The van der Waals surface area contributed by atoms with Crippen LogP contribution in [0.2, 0.25) is 0 Å². The molecule has 0 aromatic rings. The lowest BCUT2D eigenvalue weighted by Gasteiger charge is -2.27. The quantitative estimate of drug-likeness (QED) is 0.688. The Morgan fingerprint density at radius 3 is 2.80 bits per heavy atom. The molecule has 2 N–H and O–H groups in total. The number of amides is 1. The molecule has 0 radical (unpaired) electrons. The molecule has 4 heteroatoms. The highest BCUT2D eigenvalue weighted by Gasteiger charge is 2.22. The maximum Gasteiger partial charge on any atom is 0.223 e. The van der Waals surface area contributed by atoms with Gasteiger partial charge in [0.2, 0.25) is 5.91 Å². The van der Waals surface area contributed by atoms with Crippen LogP contribution in [0.25, 0.3) is 0 Å². The Morgan fingerprint density at radius 1 is 1.60 bits per heavy atom. The van der Waals surface area contributed by atoms with Crippen molar-refractivity contribution in [2.24, 2.45) is 5.92 Å². The first kappa shape index (κ1) is 12.5. The van der Waals surface area contributed by atoms with Crippen molar-refractivity contribution in [1.82, 2.24) is 10.2 Å². The molecular weight excluding hydrogens is 192 g/mol. The largest absolute Gasteiger partial charge is 0.395 e. The zero-order valence-electron chi connectivity index (χ0n) is 9.70. The van der Waals surface area contributed by atoms with Crippen molar-refractivity contribution in [1.29, 1.82) is 0 Å². The number of carbonyl (C=O) groups is 1. The third-order valence-corrected chi connectivity index (χ3v) is 2.91. The predicted molar refractivity (Wildman–Crippen MR) is 59.5 cm³/mol. The second kappa shape index (κ2) is 6.08. The van der Waals surface area contributed by atoms with Gasteiger partial charge >= 0.3 is 0 Å². The molecule has 1 amide bonds. The summed E-state index contributed by atoms with van der Waals surface area (Å²) in [5.41, 5.74) is 0. The first-order valence-electron chi connectivity index (χ1n) is 5.76. The fourth-order valence-electron chi connectivity index (χ4n) is 2.03. The summed E-state index contributed by atoms with van der Waals surface area (Å²) in [6.07, 6.45) is 1.71. The average Bonchev–Trinajstić information content (AvgIpc) is 2.65. The minimum absolute atomic E-state index is 0.0484. The number of aliphatic hydroxyl groups excluding tert-OH is 1. The van der Waals surface area contributed by atoms with Gasteiger partial charge in [-0.15, -0.1) is 0 Å². The van der Waals surface area contributed by atoms with Crippen molar-refractivity contribution in [3.8, 4) is 0 Å². The van der Waals surface area contributed by atoms with Gasteiger partial charge in [0.15, 0.2) is 0 Å².